The lowest BCUT2D eigenvalue weighted by molar-refractivity contribution is 0.340. The van der Waals surface area contributed by atoms with E-state index in [9.17, 15) is 8.42 Å². The molecule has 4 nitrogen and oxygen atoms in total. The topological polar surface area (TPSA) is 55.4 Å². The van der Waals surface area contributed by atoms with Crippen LogP contribution in [0.25, 0.3) is 0 Å². The minimum atomic E-state index is -3.34. The zero-order chi connectivity index (χ0) is 15.1. The molecule has 0 fully saturated rings. The minimum Gasteiger partial charge on any atom is -0.492 e. The number of sulfonamides is 1. The zero-order valence-corrected chi connectivity index (χ0v) is 14.3. The molecule has 2 aromatic carbocycles. The maximum atomic E-state index is 11.9. The van der Waals surface area contributed by atoms with Gasteiger partial charge in [0, 0.05) is 10.1 Å². The molecule has 0 amide bonds. The lowest BCUT2D eigenvalue weighted by atomic mass is 10.2. The Morgan fingerprint density at radius 2 is 1.67 bits per heavy atom. The predicted octanol–water partition coefficient (Wildman–Crippen LogP) is 2.79. The summed E-state index contributed by atoms with van der Waals surface area (Å²) in [6.07, 6.45) is 0. The van der Waals surface area contributed by atoms with E-state index >= 15 is 0 Å². The molecule has 0 aliphatic rings. The van der Waals surface area contributed by atoms with Crippen molar-refractivity contribution in [3.8, 4) is 5.75 Å². The third kappa shape index (κ3) is 6.03. The summed E-state index contributed by atoms with van der Waals surface area (Å²) in [5.41, 5.74) is 0.933. The number of ether oxygens (including phenoxy) is 1. The van der Waals surface area contributed by atoms with Crippen molar-refractivity contribution in [2.24, 2.45) is 0 Å². The smallest absolute Gasteiger partial charge is 0.215 e. The summed E-state index contributed by atoms with van der Waals surface area (Å²) >= 11 is 2.21. The summed E-state index contributed by atoms with van der Waals surface area (Å²) in [6.45, 7) is 0.427. The minimum absolute atomic E-state index is 0.0632. The largest absolute Gasteiger partial charge is 0.492 e. The average molecular weight is 417 g/mol. The standard InChI is InChI=1S/C15H16INO3S/c16-14-8-6-13(7-9-14)12-17-21(18,19)11-10-20-15-4-2-1-3-5-15/h1-9,17H,10-12H2. The number of benzene rings is 2. The van der Waals surface area contributed by atoms with Gasteiger partial charge in [-0.25, -0.2) is 13.1 Å². The molecule has 112 valence electrons. The van der Waals surface area contributed by atoms with E-state index in [-0.39, 0.29) is 12.4 Å². The monoisotopic (exact) mass is 417 g/mol. The summed E-state index contributed by atoms with van der Waals surface area (Å²) in [7, 11) is -3.34. The molecule has 6 heteroatoms. The number of rotatable bonds is 7. The Bertz CT molecular complexity index is 657. The van der Waals surface area contributed by atoms with Crippen molar-refractivity contribution in [2.75, 3.05) is 12.4 Å². The van der Waals surface area contributed by atoms with Gasteiger partial charge in [-0.2, -0.15) is 0 Å². The van der Waals surface area contributed by atoms with Gasteiger partial charge in [-0.3, -0.25) is 0 Å². The number of nitrogens with one attached hydrogen (secondary N) is 1. The van der Waals surface area contributed by atoms with Crippen molar-refractivity contribution in [3.05, 3.63) is 63.7 Å². The summed E-state index contributed by atoms with van der Waals surface area (Å²) in [5.74, 6) is 0.608. The van der Waals surface area contributed by atoms with E-state index in [0.29, 0.717) is 12.3 Å². The summed E-state index contributed by atoms with van der Waals surface area (Å²) in [6, 6.07) is 16.9. The lowest BCUT2D eigenvalue weighted by Gasteiger charge is -2.08. The van der Waals surface area contributed by atoms with Crippen LogP contribution < -0.4 is 9.46 Å². The molecular weight excluding hydrogens is 401 g/mol. The molecular formula is C15H16INO3S. The van der Waals surface area contributed by atoms with Crippen LogP contribution in [0.2, 0.25) is 0 Å². The van der Waals surface area contributed by atoms with E-state index in [1.54, 1.807) is 12.1 Å². The molecule has 0 saturated heterocycles. The van der Waals surface area contributed by atoms with Crippen LogP contribution in [0, 0.1) is 3.57 Å². The third-order valence-corrected chi connectivity index (χ3v) is 4.78. The molecule has 0 aromatic heterocycles. The van der Waals surface area contributed by atoms with Crippen molar-refractivity contribution >= 4 is 32.6 Å². The third-order valence-electron chi connectivity index (χ3n) is 2.77. The molecule has 0 aliphatic carbocycles. The number of halogens is 1. The molecule has 0 aliphatic heterocycles. The number of hydrogen-bond acceptors (Lipinski definition) is 3. The summed E-state index contributed by atoms with van der Waals surface area (Å²) in [5, 5.41) is 0. The predicted molar refractivity (Wildman–Crippen MR) is 91.7 cm³/mol. The summed E-state index contributed by atoms with van der Waals surface area (Å²) in [4.78, 5) is 0. The van der Waals surface area contributed by atoms with Crippen LogP contribution in [0.3, 0.4) is 0 Å². The van der Waals surface area contributed by atoms with Gasteiger partial charge in [0.05, 0.1) is 5.75 Å². The van der Waals surface area contributed by atoms with Gasteiger partial charge in [0.1, 0.15) is 12.4 Å². The second kappa shape index (κ2) is 7.77. The molecule has 0 radical (unpaired) electrons. The van der Waals surface area contributed by atoms with E-state index in [2.05, 4.69) is 27.3 Å². The quantitative estimate of drug-likeness (QED) is 0.706. The van der Waals surface area contributed by atoms with Crippen LogP contribution in [-0.2, 0) is 16.6 Å². The fraction of sp³-hybridized carbons (Fsp3) is 0.200. The van der Waals surface area contributed by atoms with Crippen molar-refractivity contribution in [3.63, 3.8) is 0 Å². The average Bonchev–Trinajstić information content (AvgIpc) is 2.48. The van der Waals surface area contributed by atoms with Crippen molar-refractivity contribution in [2.45, 2.75) is 6.54 Å². The molecule has 0 spiro atoms. The SMILES string of the molecule is O=S(=O)(CCOc1ccccc1)NCc1ccc(I)cc1. The van der Waals surface area contributed by atoms with Gasteiger partial charge in [0.25, 0.3) is 0 Å². The molecule has 0 atom stereocenters. The number of para-hydroxylation sites is 1. The molecule has 1 N–H and O–H groups in total. The zero-order valence-electron chi connectivity index (χ0n) is 11.3. The first kappa shape index (κ1) is 16.3. The highest BCUT2D eigenvalue weighted by Gasteiger charge is 2.10. The highest BCUT2D eigenvalue weighted by Crippen LogP contribution is 2.09. The Balaban J connectivity index is 1.78. The van der Waals surface area contributed by atoms with Gasteiger partial charge in [-0.1, -0.05) is 30.3 Å². The maximum Gasteiger partial charge on any atom is 0.215 e. The van der Waals surface area contributed by atoms with Crippen LogP contribution >= 0.6 is 22.6 Å². The Morgan fingerprint density at radius 3 is 2.33 bits per heavy atom. The molecule has 21 heavy (non-hydrogen) atoms. The van der Waals surface area contributed by atoms with Gasteiger partial charge < -0.3 is 4.74 Å². The molecule has 0 saturated carbocycles. The van der Waals surface area contributed by atoms with E-state index in [0.717, 1.165) is 9.13 Å². The van der Waals surface area contributed by atoms with E-state index < -0.39 is 10.0 Å². The van der Waals surface area contributed by atoms with Crippen LogP contribution in [-0.4, -0.2) is 20.8 Å². The second-order valence-corrected chi connectivity index (χ2v) is 7.60. The molecule has 0 heterocycles. The molecule has 0 unspecified atom stereocenters. The first-order valence-electron chi connectivity index (χ1n) is 6.45. The number of hydrogen-bond donors (Lipinski definition) is 1. The summed E-state index contributed by atoms with van der Waals surface area (Å²) < 4.78 is 32.8. The van der Waals surface area contributed by atoms with Gasteiger partial charge in [-0.05, 0) is 52.4 Å². The van der Waals surface area contributed by atoms with Crippen molar-refractivity contribution < 1.29 is 13.2 Å². The van der Waals surface area contributed by atoms with Gasteiger partial charge in [0.2, 0.25) is 10.0 Å². The van der Waals surface area contributed by atoms with E-state index in [4.69, 9.17) is 4.74 Å². The highest BCUT2D eigenvalue weighted by atomic mass is 127. The molecule has 2 rings (SSSR count). The second-order valence-electron chi connectivity index (χ2n) is 4.43. The fourth-order valence-electron chi connectivity index (χ4n) is 1.65. The fourth-order valence-corrected chi connectivity index (χ4v) is 2.85. The van der Waals surface area contributed by atoms with Crippen LogP contribution in [0.15, 0.2) is 54.6 Å². The van der Waals surface area contributed by atoms with Gasteiger partial charge >= 0.3 is 0 Å². The van der Waals surface area contributed by atoms with Crippen molar-refractivity contribution in [1.82, 2.24) is 4.72 Å². The van der Waals surface area contributed by atoms with E-state index in [1.165, 1.54) is 0 Å². The normalized spacial score (nSPS) is 11.3. The molecule has 2 aromatic rings. The van der Waals surface area contributed by atoms with Crippen LogP contribution in [0.4, 0.5) is 0 Å². The first-order chi connectivity index (χ1) is 10.1. The van der Waals surface area contributed by atoms with E-state index in [1.807, 2.05) is 42.5 Å². The van der Waals surface area contributed by atoms with Gasteiger partial charge in [0.15, 0.2) is 0 Å². The first-order valence-corrected chi connectivity index (χ1v) is 9.18. The Hall–Kier alpha value is -1.12. The lowest BCUT2D eigenvalue weighted by Crippen LogP contribution is -2.28. The Morgan fingerprint density at radius 1 is 1.00 bits per heavy atom. The Kier molecular flexibility index (Phi) is 6.01. The molecule has 0 bridgehead atoms. The Labute approximate surface area is 138 Å². The van der Waals surface area contributed by atoms with Crippen LogP contribution in [0.5, 0.6) is 5.75 Å². The highest BCUT2D eigenvalue weighted by molar-refractivity contribution is 14.1. The van der Waals surface area contributed by atoms with Crippen LogP contribution in [0.1, 0.15) is 5.56 Å². The van der Waals surface area contributed by atoms with Gasteiger partial charge in [-0.15, -0.1) is 0 Å². The van der Waals surface area contributed by atoms with Crippen molar-refractivity contribution in [1.29, 1.82) is 0 Å². The maximum absolute atomic E-state index is 11.9.